The molecule has 0 unspecified atom stereocenters. The second-order valence-corrected chi connectivity index (χ2v) is 5.69. The van der Waals surface area contributed by atoms with Crippen LogP contribution in [-0.4, -0.2) is 11.7 Å². The van der Waals surface area contributed by atoms with Gasteiger partial charge in [0.25, 0.3) is 0 Å². The van der Waals surface area contributed by atoms with E-state index in [0.717, 1.165) is 23.1 Å². The van der Waals surface area contributed by atoms with E-state index < -0.39 is 0 Å². The lowest BCUT2D eigenvalue weighted by Gasteiger charge is -2.12. The zero-order valence-electron chi connectivity index (χ0n) is 12.6. The van der Waals surface area contributed by atoms with Crippen LogP contribution >= 0.6 is 12.2 Å². The van der Waals surface area contributed by atoms with Crippen molar-refractivity contribution in [1.82, 2.24) is 5.32 Å². The molecule has 0 aliphatic carbocycles. The number of rotatable bonds is 4. The average molecular weight is 324 g/mol. The minimum Gasteiger partial charge on any atom is -0.362 e. The van der Waals surface area contributed by atoms with E-state index in [9.17, 15) is 4.39 Å². The average Bonchev–Trinajstić information content (AvgIpc) is 2.57. The van der Waals surface area contributed by atoms with Crippen LogP contribution in [-0.2, 0) is 6.42 Å². The van der Waals surface area contributed by atoms with Crippen molar-refractivity contribution in [3.63, 3.8) is 0 Å². The van der Waals surface area contributed by atoms with E-state index in [1.54, 1.807) is 12.1 Å². The van der Waals surface area contributed by atoms with Gasteiger partial charge in [0.05, 0.1) is 0 Å². The third-order valence-electron chi connectivity index (χ3n) is 3.65. The van der Waals surface area contributed by atoms with E-state index in [1.807, 2.05) is 24.3 Å². The number of halogens is 1. The predicted octanol–water partition coefficient (Wildman–Crippen LogP) is 4.51. The first-order chi connectivity index (χ1) is 11.2. The fraction of sp³-hybridized carbons (Fsp3) is 0.105. The SMILES string of the molecule is Fc1ccc(CCNC(=S)Nc2cccc3ccccc23)cc1. The molecule has 3 aromatic rings. The maximum absolute atomic E-state index is 12.9. The summed E-state index contributed by atoms with van der Waals surface area (Å²) in [6.07, 6.45) is 0.789. The molecule has 3 rings (SSSR count). The molecule has 3 aromatic carbocycles. The van der Waals surface area contributed by atoms with Gasteiger partial charge in [0.2, 0.25) is 0 Å². The minimum absolute atomic E-state index is 0.213. The van der Waals surface area contributed by atoms with Gasteiger partial charge in [0, 0.05) is 17.6 Å². The largest absolute Gasteiger partial charge is 0.362 e. The van der Waals surface area contributed by atoms with E-state index in [2.05, 4.69) is 28.8 Å². The van der Waals surface area contributed by atoms with Gasteiger partial charge in [-0.25, -0.2) is 4.39 Å². The lowest BCUT2D eigenvalue weighted by Crippen LogP contribution is -2.30. The molecule has 0 saturated carbocycles. The number of nitrogens with one attached hydrogen (secondary N) is 2. The van der Waals surface area contributed by atoms with E-state index >= 15 is 0 Å². The Morgan fingerprint density at radius 2 is 1.65 bits per heavy atom. The number of hydrogen-bond acceptors (Lipinski definition) is 1. The van der Waals surface area contributed by atoms with Crippen molar-refractivity contribution in [3.05, 3.63) is 78.1 Å². The molecular formula is C19H17FN2S. The van der Waals surface area contributed by atoms with Crippen LogP contribution < -0.4 is 10.6 Å². The van der Waals surface area contributed by atoms with E-state index in [4.69, 9.17) is 12.2 Å². The molecule has 0 bridgehead atoms. The Labute approximate surface area is 140 Å². The molecule has 0 heterocycles. The Morgan fingerprint density at radius 1 is 0.913 bits per heavy atom. The van der Waals surface area contributed by atoms with Gasteiger partial charge >= 0.3 is 0 Å². The zero-order valence-corrected chi connectivity index (χ0v) is 13.4. The number of fused-ring (bicyclic) bond motifs is 1. The molecule has 23 heavy (non-hydrogen) atoms. The summed E-state index contributed by atoms with van der Waals surface area (Å²) >= 11 is 5.35. The first-order valence-electron chi connectivity index (χ1n) is 7.49. The summed E-state index contributed by atoms with van der Waals surface area (Å²) < 4.78 is 12.9. The quantitative estimate of drug-likeness (QED) is 0.691. The Hall–Kier alpha value is -2.46. The van der Waals surface area contributed by atoms with Gasteiger partial charge < -0.3 is 10.6 Å². The van der Waals surface area contributed by atoms with Gasteiger partial charge in [-0.15, -0.1) is 0 Å². The van der Waals surface area contributed by atoms with Gasteiger partial charge in [-0.05, 0) is 47.8 Å². The monoisotopic (exact) mass is 324 g/mol. The van der Waals surface area contributed by atoms with Crippen molar-refractivity contribution >= 4 is 33.8 Å². The topological polar surface area (TPSA) is 24.1 Å². The molecule has 4 heteroatoms. The number of anilines is 1. The van der Waals surface area contributed by atoms with Crippen LogP contribution in [0.15, 0.2) is 66.7 Å². The fourth-order valence-electron chi connectivity index (χ4n) is 2.47. The number of thiocarbonyl (C=S) groups is 1. The Bertz CT molecular complexity index is 810. The summed E-state index contributed by atoms with van der Waals surface area (Å²) in [4.78, 5) is 0. The Kier molecular flexibility index (Phi) is 4.83. The van der Waals surface area contributed by atoms with Gasteiger partial charge in [-0.1, -0.05) is 48.5 Å². The lowest BCUT2D eigenvalue weighted by molar-refractivity contribution is 0.627. The van der Waals surface area contributed by atoms with Crippen molar-refractivity contribution in [1.29, 1.82) is 0 Å². The van der Waals surface area contributed by atoms with E-state index in [0.29, 0.717) is 11.7 Å². The lowest BCUT2D eigenvalue weighted by atomic mass is 10.1. The molecule has 0 aliphatic heterocycles. The molecular weight excluding hydrogens is 307 g/mol. The molecule has 0 spiro atoms. The van der Waals surface area contributed by atoms with Crippen LogP contribution in [0, 0.1) is 5.82 Å². The van der Waals surface area contributed by atoms with Crippen LogP contribution in [0.25, 0.3) is 10.8 Å². The highest BCUT2D eigenvalue weighted by Crippen LogP contribution is 2.22. The van der Waals surface area contributed by atoms with E-state index in [-0.39, 0.29) is 5.82 Å². The Morgan fingerprint density at radius 3 is 2.48 bits per heavy atom. The van der Waals surface area contributed by atoms with Crippen molar-refractivity contribution in [3.8, 4) is 0 Å². The molecule has 0 radical (unpaired) electrons. The molecule has 0 amide bonds. The molecule has 0 aromatic heterocycles. The summed E-state index contributed by atoms with van der Waals surface area (Å²) in [6, 6.07) is 20.8. The van der Waals surface area contributed by atoms with E-state index in [1.165, 1.54) is 17.5 Å². The highest BCUT2D eigenvalue weighted by atomic mass is 32.1. The molecule has 2 N–H and O–H groups in total. The summed E-state index contributed by atoms with van der Waals surface area (Å²) in [6.45, 7) is 0.697. The molecule has 0 aliphatic rings. The fourth-order valence-corrected chi connectivity index (χ4v) is 2.68. The van der Waals surface area contributed by atoms with Crippen LogP contribution in [0.3, 0.4) is 0 Å². The summed E-state index contributed by atoms with van der Waals surface area (Å²) in [7, 11) is 0. The maximum Gasteiger partial charge on any atom is 0.170 e. The van der Waals surface area contributed by atoms with Gasteiger partial charge in [0.1, 0.15) is 5.82 Å². The summed E-state index contributed by atoms with van der Waals surface area (Å²) in [5, 5.41) is 9.32. The van der Waals surface area contributed by atoms with Crippen molar-refractivity contribution < 1.29 is 4.39 Å². The van der Waals surface area contributed by atoms with Crippen LogP contribution in [0.4, 0.5) is 10.1 Å². The number of hydrogen-bond donors (Lipinski definition) is 2. The highest BCUT2D eigenvalue weighted by molar-refractivity contribution is 7.80. The van der Waals surface area contributed by atoms with Crippen LogP contribution in [0.2, 0.25) is 0 Å². The first kappa shape index (κ1) is 15.4. The third kappa shape index (κ3) is 4.05. The van der Waals surface area contributed by atoms with Crippen molar-refractivity contribution in [2.24, 2.45) is 0 Å². The minimum atomic E-state index is -0.213. The third-order valence-corrected chi connectivity index (χ3v) is 3.90. The molecule has 0 atom stereocenters. The second kappa shape index (κ2) is 7.20. The van der Waals surface area contributed by atoms with Gasteiger partial charge in [-0.3, -0.25) is 0 Å². The predicted molar refractivity (Wildman–Crippen MR) is 98.3 cm³/mol. The van der Waals surface area contributed by atoms with Crippen LogP contribution in [0.5, 0.6) is 0 Å². The standard InChI is InChI=1S/C19H17FN2S/c20-16-10-8-14(9-11-16)12-13-21-19(23)22-18-7-3-5-15-4-1-2-6-17(15)18/h1-11H,12-13H2,(H2,21,22,23). The molecule has 116 valence electrons. The van der Waals surface area contributed by atoms with Gasteiger partial charge in [0.15, 0.2) is 5.11 Å². The summed E-state index contributed by atoms with van der Waals surface area (Å²) in [5.41, 5.74) is 2.06. The molecule has 2 nitrogen and oxygen atoms in total. The molecule has 0 fully saturated rings. The molecule has 0 saturated heterocycles. The number of benzene rings is 3. The maximum atomic E-state index is 12.9. The first-order valence-corrected chi connectivity index (χ1v) is 7.90. The normalized spacial score (nSPS) is 10.5. The zero-order chi connectivity index (χ0) is 16.1. The highest BCUT2D eigenvalue weighted by Gasteiger charge is 2.02. The van der Waals surface area contributed by atoms with Crippen LogP contribution in [0.1, 0.15) is 5.56 Å². The Balaban J connectivity index is 1.57. The van der Waals surface area contributed by atoms with Gasteiger partial charge in [-0.2, -0.15) is 0 Å². The summed E-state index contributed by atoms with van der Waals surface area (Å²) in [5.74, 6) is -0.213. The smallest absolute Gasteiger partial charge is 0.170 e. The second-order valence-electron chi connectivity index (χ2n) is 5.28. The van der Waals surface area contributed by atoms with Crippen molar-refractivity contribution in [2.45, 2.75) is 6.42 Å². The van der Waals surface area contributed by atoms with Crippen molar-refractivity contribution in [2.75, 3.05) is 11.9 Å².